The van der Waals surface area contributed by atoms with Crippen molar-refractivity contribution in [3.8, 4) is 0 Å². The molecule has 0 N–H and O–H groups in total. The largest absolute Gasteiger partial charge is 0.382 e. The van der Waals surface area contributed by atoms with Crippen molar-refractivity contribution < 1.29 is 9.47 Å². The minimum atomic E-state index is 0.168. The highest BCUT2D eigenvalue weighted by Gasteiger charge is 1.99. The van der Waals surface area contributed by atoms with E-state index in [9.17, 15) is 0 Å². The highest BCUT2D eigenvalue weighted by molar-refractivity contribution is 4.87. The van der Waals surface area contributed by atoms with Crippen LogP contribution in [0, 0.1) is 0 Å². The average Bonchev–Trinajstić information content (AvgIpc) is 1.85. The Bertz CT molecular complexity index is 99.4. The zero-order chi connectivity index (χ0) is 7.98. The molecule has 0 heterocycles. The number of ether oxygens (including phenoxy) is 2. The normalized spacial score (nSPS) is 13.1. The van der Waals surface area contributed by atoms with Crippen LogP contribution >= 0.6 is 0 Å². The molecule has 0 aromatic heterocycles. The minimum Gasteiger partial charge on any atom is -0.382 e. The van der Waals surface area contributed by atoms with Crippen molar-refractivity contribution >= 4 is 0 Å². The van der Waals surface area contributed by atoms with E-state index >= 15 is 0 Å². The molecule has 0 spiro atoms. The van der Waals surface area contributed by atoms with Crippen LogP contribution in [0.15, 0.2) is 12.2 Å². The summed E-state index contributed by atoms with van der Waals surface area (Å²) in [6, 6.07) is 0. The maximum Gasteiger partial charge on any atom is 0.0784 e. The van der Waals surface area contributed by atoms with Crippen molar-refractivity contribution in [2.24, 2.45) is 0 Å². The molecular formula is C8H16O2. The van der Waals surface area contributed by atoms with Crippen molar-refractivity contribution in [2.75, 3.05) is 20.3 Å². The number of hydrogen-bond donors (Lipinski definition) is 0. The number of methoxy groups -OCH3 is 1. The van der Waals surface area contributed by atoms with E-state index in [0.717, 1.165) is 5.57 Å². The lowest BCUT2D eigenvalue weighted by Gasteiger charge is -2.10. The first-order valence-corrected chi connectivity index (χ1v) is 3.41. The number of rotatable bonds is 5. The second-order valence-corrected chi connectivity index (χ2v) is 2.53. The van der Waals surface area contributed by atoms with Gasteiger partial charge in [0.15, 0.2) is 0 Å². The maximum atomic E-state index is 5.32. The lowest BCUT2D eigenvalue weighted by Crippen LogP contribution is -2.15. The van der Waals surface area contributed by atoms with E-state index in [-0.39, 0.29) is 6.10 Å². The van der Waals surface area contributed by atoms with Crippen LogP contribution in [0.5, 0.6) is 0 Å². The van der Waals surface area contributed by atoms with Gasteiger partial charge in [0, 0.05) is 7.11 Å². The standard InChI is InChI=1S/C8H16O2/c1-7(2)5-10-8(3)6-9-4/h8H,1,5-6H2,2-4H3. The predicted molar refractivity (Wildman–Crippen MR) is 42.1 cm³/mol. The Morgan fingerprint density at radius 3 is 2.60 bits per heavy atom. The van der Waals surface area contributed by atoms with E-state index < -0.39 is 0 Å². The molecular weight excluding hydrogens is 128 g/mol. The van der Waals surface area contributed by atoms with Crippen LogP contribution in [0.2, 0.25) is 0 Å². The molecule has 0 saturated heterocycles. The Kier molecular flexibility index (Phi) is 5.26. The Morgan fingerprint density at radius 1 is 1.60 bits per heavy atom. The van der Waals surface area contributed by atoms with Crippen molar-refractivity contribution in [1.29, 1.82) is 0 Å². The summed E-state index contributed by atoms with van der Waals surface area (Å²) >= 11 is 0. The van der Waals surface area contributed by atoms with Crippen LogP contribution in [-0.2, 0) is 9.47 Å². The van der Waals surface area contributed by atoms with Crippen LogP contribution in [0.1, 0.15) is 13.8 Å². The molecule has 2 heteroatoms. The zero-order valence-electron chi connectivity index (χ0n) is 7.02. The SMILES string of the molecule is C=C(C)COC(C)COC. The molecule has 0 aromatic carbocycles. The molecule has 2 nitrogen and oxygen atoms in total. The molecule has 0 fully saturated rings. The van der Waals surface area contributed by atoms with Gasteiger partial charge in [-0.2, -0.15) is 0 Å². The van der Waals surface area contributed by atoms with Crippen molar-refractivity contribution in [1.82, 2.24) is 0 Å². The van der Waals surface area contributed by atoms with Gasteiger partial charge >= 0.3 is 0 Å². The van der Waals surface area contributed by atoms with Gasteiger partial charge in [0.2, 0.25) is 0 Å². The Hall–Kier alpha value is -0.340. The first-order chi connectivity index (χ1) is 4.66. The molecule has 10 heavy (non-hydrogen) atoms. The van der Waals surface area contributed by atoms with Gasteiger partial charge in [-0.05, 0) is 13.8 Å². The smallest absolute Gasteiger partial charge is 0.0784 e. The molecule has 0 aliphatic carbocycles. The van der Waals surface area contributed by atoms with E-state index in [2.05, 4.69) is 6.58 Å². The van der Waals surface area contributed by atoms with E-state index in [1.807, 2.05) is 13.8 Å². The maximum absolute atomic E-state index is 5.32. The molecule has 0 rings (SSSR count). The monoisotopic (exact) mass is 144 g/mol. The minimum absolute atomic E-state index is 0.168. The fourth-order valence-electron chi connectivity index (χ4n) is 0.567. The summed E-state index contributed by atoms with van der Waals surface area (Å²) < 4.78 is 10.2. The summed E-state index contributed by atoms with van der Waals surface area (Å²) in [5.74, 6) is 0. The summed E-state index contributed by atoms with van der Waals surface area (Å²) in [6.45, 7) is 8.92. The lowest BCUT2D eigenvalue weighted by atomic mass is 10.4. The fourth-order valence-corrected chi connectivity index (χ4v) is 0.567. The Balaban J connectivity index is 3.21. The highest BCUT2D eigenvalue weighted by Crippen LogP contribution is 1.95. The topological polar surface area (TPSA) is 18.5 Å². The Morgan fingerprint density at radius 2 is 2.20 bits per heavy atom. The van der Waals surface area contributed by atoms with E-state index in [1.54, 1.807) is 7.11 Å². The van der Waals surface area contributed by atoms with Crippen LogP contribution in [-0.4, -0.2) is 26.4 Å². The molecule has 0 saturated carbocycles. The van der Waals surface area contributed by atoms with E-state index in [0.29, 0.717) is 13.2 Å². The first kappa shape index (κ1) is 9.66. The van der Waals surface area contributed by atoms with Crippen LogP contribution in [0.3, 0.4) is 0 Å². The van der Waals surface area contributed by atoms with Gasteiger partial charge in [-0.1, -0.05) is 12.2 Å². The molecule has 60 valence electrons. The second-order valence-electron chi connectivity index (χ2n) is 2.53. The molecule has 0 aliphatic rings. The summed E-state index contributed by atoms with van der Waals surface area (Å²) in [7, 11) is 1.67. The van der Waals surface area contributed by atoms with Gasteiger partial charge in [-0.25, -0.2) is 0 Å². The van der Waals surface area contributed by atoms with Gasteiger partial charge in [0.1, 0.15) is 0 Å². The predicted octanol–water partition coefficient (Wildman–Crippen LogP) is 1.61. The van der Waals surface area contributed by atoms with Crippen LogP contribution in [0.4, 0.5) is 0 Å². The number of hydrogen-bond acceptors (Lipinski definition) is 2. The third-order valence-electron chi connectivity index (χ3n) is 1.02. The third-order valence-corrected chi connectivity index (χ3v) is 1.02. The summed E-state index contributed by atoms with van der Waals surface area (Å²) in [5, 5.41) is 0. The van der Waals surface area contributed by atoms with Gasteiger partial charge in [-0.3, -0.25) is 0 Å². The van der Waals surface area contributed by atoms with Crippen molar-refractivity contribution in [3.63, 3.8) is 0 Å². The fraction of sp³-hybridized carbons (Fsp3) is 0.750. The van der Waals surface area contributed by atoms with Gasteiger partial charge < -0.3 is 9.47 Å². The molecule has 1 atom stereocenters. The van der Waals surface area contributed by atoms with E-state index in [4.69, 9.17) is 9.47 Å². The molecule has 0 amide bonds. The first-order valence-electron chi connectivity index (χ1n) is 3.41. The molecule has 0 aromatic rings. The van der Waals surface area contributed by atoms with Gasteiger partial charge in [0.05, 0.1) is 19.3 Å². The van der Waals surface area contributed by atoms with Crippen molar-refractivity contribution in [2.45, 2.75) is 20.0 Å². The van der Waals surface area contributed by atoms with Crippen LogP contribution < -0.4 is 0 Å². The van der Waals surface area contributed by atoms with Crippen molar-refractivity contribution in [3.05, 3.63) is 12.2 Å². The molecule has 1 unspecified atom stereocenters. The average molecular weight is 144 g/mol. The van der Waals surface area contributed by atoms with E-state index in [1.165, 1.54) is 0 Å². The molecule has 0 radical (unpaired) electrons. The quantitative estimate of drug-likeness (QED) is 0.546. The lowest BCUT2D eigenvalue weighted by molar-refractivity contribution is 0.0200. The zero-order valence-corrected chi connectivity index (χ0v) is 7.02. The summed E-state index contributed by atoms with van der Waals surface area (Å²) in [5.41, 5.74) is 1.04. The summed E-state index contributed by atoms with van der Waals surface area (Å²) in [4.78, 5) is 0. The highest BCUT2D eigenvalue weighted by atomic mass is 16.5. The third kappa shape index (κ3) is 5.79. The van der Waals surface area contributed by atoms with Gasteiger partial charge in [0.25, 0.3) is 0 Å². The summed E-state index contributed by atoms with van der Waals surface area (Å²) in [6.07, 6.45) is 0.168. The van der Waals surface area contributed by atoms with Gasteiger partial charge in [-0.15, -0.1) is 0 Å². The molecule has 0 aliphatic heterocycles. The second kappa shape index (κ2) is 5.45. The van der Waals surface area contributed by atoms with Crippen LogP contribution in [0.25, 0.3) is 0 Å². The Labute approximate surface area is 62.8 Å². The molecule has 0 bridgehead atoms.